The Kier molecular flexibility index (Phi) is 5.81. The van der Waals surface area contributed by atoms with Crippen molar-refractivity contribution in [2.75, 3.05) is 36.0 Å². The van der Waals surface area contributed by atoms with Crippen molar-refractivity contribution in [2.24, 2.45) is 0 Å². The Morgan fingerprint density at radius 2 is 1.74 bits per heavy atom. The standard InChI is InChI=1S/C26H24FN5O3/c1-16-29-20-3-2-4-23(25(20)26(35)32(16)22-8-6-18(33)14-24(22)34)31-11-9-30(10-12-31)21-7-5-17(15-28)13-19(21)27/h2-5,7,13,22H,6,8-12,14H2,1H3. The number of aromatic nitrogens is 2. The number of ketones is 2. The van der Waals surface area contributed by atoms with E-state index < -0.39 is 11.9 Å². The number of benzene rings is 2. The first kappa shape index (κ1) is 22.7. The number of hydrogen-bond donors (Lipinski definition) is 0. The SMILES string of the molecule is Cc1nc2cccc(N3CCN(c4ccc(C#N)cc4F)CC3)c2c(=O)n1C1CCC(=O)CC1=O. The summed E-state index contributed by atoms with van der Waals surface area (Å²) in [6.45, 7) is 3.90. The second-order valence-corrected chi connectivity index (χ2v) is 8.99. The van der Waals surface area contributed by atoms with E-state index in [-0.39, 0.29) is 35.5 Å². The van der Waals surface area contributed by atoms with E-state index in [0.717, 1.165) is 5.69 Å². The average molecular weight is 474 g/mol. The van der Waals surface area contributed by atoms with E-state index in [1.165, 1.54) is 10.6 Å². The van der Waals surface area contributed by atoms with Crippen LogP contribution < -0.4 is 15.4 Å². The maximum Gasteiger partial charge on any atom is 0.264 e. The Labute approximate surface area is 201 Å². The molecule has 0 bridgehead atoms. The third-order valence-corrected chi connectivity index (χ3v) is 6.87. The number of halogens is 1. The zero-order valence-corrected chi connectivity index (χ0v) is 19.3. The first-order valence-corrected chi connectivity index (χ1v) is 11.6. The number of aryl methyl sites for hydroxylation is 1. The van der Waals surface area contributed by atoms with Crippen molar-refractivity contribution in [3.05, 3.63) is 64.0 Å². The monoisotopic (exact) mass is 473 g/mol. The van der Waals surface area contributed by atoms with Gasteiger partial charge >= 0.3 is 0 Å². The van der Waals surface area contributed by atoms with Crippen LogP contribution in [0, 0.1) is 24.1 Å². The van der Waals surface area contributed by atoms with Crippen LogP contribution in [0.25, 0.3) is 10.9 Å². The summed E-state index contributed by atoms with van der Waals surface area (Å²) < 4.78 is 16.0. The predicted octanol–water partition coefficient (Wildman–Crippen LogP) is 2.91. The van der Waals surface area contributed by atoms with E-state index in [4.69, 9.17) is 5.26 Å². The Hall–Kier alpha value is -4.06. The fourth-order valence-corrected chi connectivity index (χ4v) is 5.12. The van der Waals surface area contributed by atoms with E-state index in [0.29, 0.717) is 55.0 Å². The minimum atomic E-state index is -0.679. The second-order valence-electron chi connectivity index (χ2n) is 8.99. The van der Waals surface area contributed by atoms with Crippen LogP contribution in [0.5, 0.6) is 0 Å². The zero-order valence-electron chi connectivity index (χ0n) is 19.3. The molecule has 5 rings (SSSR count). The van der Waals surface area contributed by atoms with Crippen LogP contribution >= 0.6 is 0 Å². The van der Waals surface area contributed by atoms with E-state index in [1.807, 2.05) is 23.1 Å². The molecule has 35 heavy (non-hydrogen) atoms. The van der Waals surface area contributed by atoms with Crippen LogP contribution in [-0.2, 0) is 9.59 Å². The topological polar surface area (TPSA) is 99.3 Å². The molecule has 1 atom stereocenters. The third kappa shape index (κ3) is 4.05. The van der Waals surface area contributed by atoms with Crippen molar-refractivity contribution < 1.29 is 14.0 Å². The number of piperazine rings is 1. The summed E-state index contributed by atoms with van der Waals surface area (Å²) in [5.41, 5.74) is 1.73. The summed E-state index contributed by atoms with van der Waals surface area (Å²) in [7, 11) is 0. The number of carbonyl (C=O) groups excluding carboxylic acids is 2. The highest BCUT2D eigenvalue weighted by atomic mass is 19.1. The van der Waals surface area contributed by atoms with Crippen molar-refractivity contribution in [3.63, 3.8) is 0 Å². The molecule has 1 saturated heterocycles. The number of carbonyl (C=O) groups is 2. The van der Waals surface area contributed by atoms with Crippen LogP contribution in [-0.4, -0.2) is 47.3 Å². The fraction of sp³-hybridized carbons (Fsp3) is 0.346. The number of anilines is 2. The number of Topliss-reactive ketones (excluding diaryl/α,β-unsaturated/α-hetero) is 2. The number of rotatable bonds is 3. The highest BCUT2D eigenvalue weighted by molar-refractivity contribution is 6.03. The Bertz CT molecular complexity index is 1450. The summed E-state index contributed by atoms with van der Waals surface area (Å²) >= 11 is 0. The molecule has 0 amide bonds. The van der Waals surface area contributed by atoms with Gasteiger partial charge in [0.15, 0.2) is 5.78 Å². The van der Waals surface area contributed by atoms with Gasteiger partial charge in [-0.1, -0.05) is 6.07 Å². The lowest BCUT2D eigenvalue weighted by Gasteiger charge is -2.38. The lowest BCUT2D eigenvalue weighted by atomic mass is 9.92. The van der Waals surface area contributed by atoms with Gasteiger partial charge in [-0.05, 0) is 43.7 Å². The van der Waals surface area contributed by atoms with Gasteiger partial charge in [0.2, 0.25) is 0 Å². The Morgan fingerprint density at radius 3 is 2.40 bits per heavy atom. The van der Waals surface area contributed by atoms with Crippen LogP contribution in [0.1, 0.15) is 36.7 Å². The van der Waals surface area contributed by atoms with Gasteiger partial charge in [-0.25, -0.2) is 9.37 Å². The molecule has 8 nitrogen and oxygen atoms in total. The summed E-state index contributed by atoms with van der Waals surface area (Å²) in [4.78, 5) is 46.6. The van der Waals surface area contributed by atoms with E-state index in [1.54, 1.807) is 25.1 Å². The zero-order chi connectivity index (χ0) is 24.7. The second kappa shape index (κ2) is 8.95. The minimum absolute atomic E-state index is 0.0945. The molecule has 9 heteroatoms. The van der Waals surface area contributed by atoms with Gasteiger partial charge in [0.1, 0.15) is 17.4 Å². The van der Waals surface area contributed by atoms with Gasteiger partial charge < -0.3 is 9.80 Å². The van der Waals surface area contributed by atoms with Crippen LogP contribution in [0.15, 0.2) is 41.2 Å². The minimum Gasteiger partial charge on any atom is -0.367 e. The molecular weight excluding hydrogens is 449 g/mol. The summed E-state index contributed by atoms with van der Waals surface area (Å²) in [6.07, 6.45) is 0.433. The maximum absolute atomic E-state index is 14.5. The van der Waals surface area contributed by atoms with Gasteiger partial charge in [-0.15, -0.1) is 0 Å². The maximum atomic E-state index is 14.5. The first-order chi connectivity index (χ1) is 16.9. The summed E-state index contributed by atoms with van der Waals surface area (Å²) in [5.74, 6) is -0.319. The van der Waals surface area contributed by atoms with Crippen molar-refractivity contribution in [1.29, 1.82) is 5.26 Å². The molecule has 0 spiro atoms. The number of nitriles is 1. The molecule has 0 N–H and O–H groups in total. The van der Waals surface area contributed by atoms with Crippen molar-refractivity contribution in [3.8, 4) is 6.07 Å². The van der Waals surface area contributed by atoms with E-state index in [9.17, 15) is 18.8 Å². The quantitative estimate of drug-likeness (QED) is 0.540. The average Bonchev–Trinajstić information content (AvgIpc) is 2.85. The molecule has 1 aromatic heterocycles. The smallest absolute Gasteiger partial charge is 0.264 e. The summed E-state index contributed by atoms with van der Waals surface area (Å²) in [5, 5.41) is 9.42. The van der Waals surface area contributed by atoms with Gasteiger partial charge in [-0.2, -0.15) is 5.26 Å². The van der Waals surface area contributed by atoms with Crippen LogP contribution in [0.2, 0.25) is 0 Å². The van der Waals surface area contributed by atoms with Crippen molar-refractivity contribution in [2.45, 2.75) is 32.2 Å². The van der Waals surface area contributed by atoms with E-state index in [2.05, 4.69) is 9.88 Å². The lowest BCUT2D eigenvalue weighted by molar-refractivity contribution is -0.132. The van der Waals surface area contributed by atoms with Crippen LogP contribution in [0.3, 0.4) is 0 Å². The third-order valence-electron chi connectivity index (χ3n) is 6.87. The van der Waals surface area contributed by atoms with Gasteiger partial charge in [-0.3, -0.25) is 19.0 Å². The lowest BCUT2D eigenvalue weighted by Crippen LogP contribution is -2.47. The van der Waals surface area contributed by atoms with Crippen molar-refractivity contribution in [1.82, 2.24) is 9.55 Å². The molecule has 1 aliphatic heterocycles. The number of fused-ring (bicyclic) bond motifs is 1. The van der Waals surface area contributed by atoms with Crippen molar-refractivity contribution >= 4 is 33.8 Å². The molecular formula is C26H24FN5O3. The summed E-state index contributed by atoms with van der Waals surface area (Å²) in [6, 6.07) is 11.2. The highest BCUT2D eigenvalue weighted by Gasteiger charge is 2.31. The Morgan fingerprint density at radius 1 is 1.03 bits per heavy atom. The molecule has 2 fully saturated rings. The molecule has 2 aromatic carbocycles. The molecule has 178 valence electrons. The highest BCUT2D eigenvalue weighted by Crippen LogP contribution is 2.29. The first-order valence-electron chi connectivity index (χ1n) is 11.6. The Balaban J connectivity index is 1.47. The normalized spacial score (nSPS) is 18.7. The largest absolute Gasteiger partial charge is 0.367 e. The molecule has 2 heterocycles. The van der Waals surface area contributed by atoms with E-state index >= 15 is 0 Å². The van der Waals surface area contributed by atoms with Gasteiger partial charge in [0.25, 0.3) is 5.56 Å². The number of nitrogens with zero attached hydrogens (tertiary/aromatic N) is 5. The molecule has 3 aromatic rings. The van der Waals surface area contributed by atoms with Gasteiger partial charge in [0.05, 0.1) is 46.4 Å². The molecule has 2 aliphatic rings. The molecule has 0 radical (unpaired) electrons. The molecule has 1 aliphatic carbocycles. The fourth-order valence-electron chi connectivity index (χ4n) is 5.12. The van der Waals surface area contributed by atoms with Gasteiger partial charge in [0, 0.05) is 32.6 Å². The molecule has 1 saturated carbocycles. The molecule has 1 unspecified atom stereocenters. The van der Waals surface area contributed by atoms with Crippen LogP contribution in [0.4, 0.5) is 15.8 Å². The number of hydrogen-bond acceptors (Lipinski definition) is 7. The predicted molar refractivity (Wildman–Crippen MR) is 129 cm³/mol.